The zero-order valence-corrected chi connectivity index (χ0v) is 19.4. The number of methoxy groups -OCH3 is 1. The van der Waals surface area contributed by atoms with Crippen molar-refractivity contribution < 1.29 is 9.26 Å². The van der Waals surface area contributed by atoms with Gasteiger partial charge in [0.15, 0.2) is 0 Å². The average Bonchev–Trinajstić information content (AvgIpc) is 3.50. The molecular formula is C24H27N7O2. The smallest absolute Gasteiger partial charge is 0.144 e. The van der Waals surface area contributed by atoms with Gasteiger partial charge >= 0.3 is 0 Å². The Hall–Kier alpha value is -3.88. The number of aromatic amines is 1. The Morgan fingerprint density at radius 1 is 1.27 bits per heavy atom. The highest BCUT2D eigenvalue weighted by Crippen LogP contribution is 2.41. The number of aromatic nitrogens is 4. The van der Waals surface area contributed by atoms with E-state index in [0.29, 0.717) is 23.3 Å². The van der Waals surface area contributed by atoms with Crippen molar-refractivity contribution >= 4 is 34.0 Å². The molecule has 0 aliphatic heterocycles. The topological polar surface area (TPSA) is 127 Å². The first-order valence-corrected chi connectivity index (χ1v) is 10.9. The largest absolute Gasteiger partial charge is 0.496 e. The molecule has 0 bridgehead atoms. The summed E-state index contributed by atoms with van der Waals surface area (Å²) in [5, 5.41) is 9.34. The van der Waals surface area contributed by atoms with Gasteiger partial charge in [-0.15, -0.1) is 0 Å². The van der Waals surface area contributed by atoms with Crippen LogP contribution in [0.5, 0.6) is 5.75 Å². The summed E-state index contributed by atoms with van der Waals surface area (Å²) >= 11 is 0. The highest BCUT2D eigenvalue weighted by atomic mass is 16.5. The normalized spacial score (nSPS) is 14.9. The van der Waals surface area contributed by atoms with Gasteiger partial charge in [0.2, 0.25) is 0 Å². The first-order valence-electron chi connectivity index (χ1n) is 10.9. The van der Waals surface area contributed by atoms with Gasteiger partial charge in [-0.05, 0) is 45.7 Å². The number of fused-ring (bicyclic) bond motifs is 3. The van der Waals surface area contributed by atoms with E-state index >= 15 is 0 Å². The SMILES string of the molecule is CN=CC(Nc1nc(C)nc2[nH]c3cc(-c4c(C)noc4C)c(OC)cc3c12)=C(N)C1CC1. The fraction of sp³-hybridized carbons (Fsp3) is 0.333. The van der Waals surface area contributed by atoms with E-state index in [2.05, 4.69) is 25.4 Å². The lowest BCUT2D eigenvalue weighted by Gasteiger charge is -2.12. The molecule has 5 rings (SSSR count). The Morgan fingerprint density at radius 2 is 2.06 bits per heavy atom. The number of rotatable bonds is 6. The number of nitrogens with zero attached hydrogens (tertiary/aromatic N) is 4. The minimum Gasteiger partial charge on any atom is -0.496 e. The number of hydrogen-bond donors (Lipinski definition) is 3. The zero-order chi connectivity index (χ0) is 23.3. The van der Waals surface area contributed by atoms with Crippen molar-refractivity contribution in [3.8, 4) is 16.9 Å². The van der Waals surface area contributed by atoms with E-state index in [-0.39, 0.29) is 0 Å². The highest BCUT2D eigenvalue weighted by molar-refractivity contribution is 6.13. The highest BCUT2D eigenvalue weighted by Gasteiger charge is 2.27. The van der Waals surface area contributed by atoms with Crippen molar-refractivity contribution in [3.63, 3.8) is 0 Å². The standard InChI is InChI=1S/C24H27N7O2/c1-11-20(12(2)33-31-11)16-8-17-15(9-19(16)32-5)21-23(29-17)27-13(3)28-24(21)30-18(10-26-4)22(25)14-6-7-14/h8-10,14H,6-7,25H2,1-5H3,(H2,27,28,29,30). The van der Waals surface area contributed by atoms with Crippen LogP contribution in [-0.4, -0.2) is 40.5 Å². The van der Waals surface area contributed by atoms with Gasteiger partial charge in [-0.2, -0.15) is 0 Å². The van der Waals surface area contributed by atoms with Gasteiger partial charge < -0.3 is 25.3 Å². The van der Waals surface area contributed by atoms with Crippen LogP contribution >= 0.6 is 0 Å². The molecule has 0 radical (unpaired) electrons. The third-order valence-electron chi connectivity index (χ3n) is 6.03. The maximum atomic E-state index is 6.42. The van der Waals surface area contributed by atoms with Crippen molar-refractivity contribution in [1.29, 1.82) is 0 Å². The van der Waals surface area contributed by atoms with E-state index in [0.717, 1.165) is 68.8 Å². The van der Waals surface area contributed by atoms with Gasteiger partial charge in [-0.1, -0.05) is 5.16 Å². The van der Waals surface area contributed by atoms with Gasteiger partial charge in [0, 0.05) is 41.3 Å². The van der Waals surface area contributed by atoms with Gasteiger partial charge in [-0.3, -0.25) is 4.99 Å². The lowest BCUT2D eigenvalue weighted by molar-refractivity contribution is 0.393. The summed E-state index contributed by atoms with van der Waals surface area (Å²) in [7, 11) is 3.39. The molecule has 9 nitrogen and oxygen atoms in total. The molecular weight excluding hydrogens is 418 g/mol. The second-order valence-corrected chi connectivity index (χ2v) is 8.42. The van der Waals surface area contributed by atoms with E-state index in [1.54, 1.807) is 20.4 Å². The van der Waals surface area contributed by atoms with Crippen LogP contribution in [0.4, 0.5) is 5.82 Å². The molecule has 170 valence electrons. The minimum atomic E-state index is 0.393. The van der Waals surface area contributed by atoms with Crippen LogP contribution in [0.1, 0.15) is 30.1 Å². The molecule has 3 heterocycles. The zero-order valence-electron chi connectivity index (χ0n) is 19.4. The quantitative estimate of drug-likeness (QED) is 0.376. The molecule has 0 spiro atoms. The fourth-order valence-electron chi connectivity index (χ4n) is 4.31. The molecule has 4 N–H and O–H groups in total. The van der Waals surface area contributed by atoms with Crippen LogP contribution in [-0.2, 0) is 0 Å². The molecule has 0 saturated heterocycles. The van der Waals surface area contributed by atoms with Crippen molar-refractivity contribution in [3.05, 3.63) is 40.8 Å². The Kier molecular flexibility index (Phi) is 5.03. The number of H-pyrrole nitrogens is 1. The number of ether oxygens (including phenoxy) is 1. The molecule has 9 heteroatoms. The number of nitrogens with one attached hydrogen (secondary N) is 2. The second kappa shape index (κ2) is 7.91. The van der Waals surface area contributed by atoms with Crippen LogP contribution in [0.2, 0.25) is 0 Å². The monoisotopic (exact) mass is 445 g/mol. The summed E-state index contributed by atoms with van der Waals surface area (Å²) in [6.07, 6.45) is 3.95. The number of allylic oxidation sites excluding steroid dienone is 2. The molecule has 0 amide bonds. The van der Waals surface area contributed by atoms with Crippen molar-refractivity contribution in [1.82, 2.24) is 20.1 Å². The summed E-state index contributed by atoms with van der Waals surface area (Å²) in [6, 6.07) is 4.05. The van der Waals surface area contributed by atoms with Crippen LogP contribution < -0.4 is 15.8 Å². The van der Waals surface area contributed by atoms with E-state index in [9.17, 15) is 0 Å². The van der Waals surface area contributed by atoms with E-state index in [4.69, 9.17) is 20.0 Å². The van der Waals surface area contributed by atoms with Crippen molar-refractivity contribution in [2.75, 3.05) is 19.5 Å². The van der Waals surface area contributed by atoms with Gasteiger partial charge in [0.05, 0.1) is 29.5 Å². The summed E-state index contributed by atoms with van der Waals surface area (Å²) in [6.45, 7) is 5.69. The second-order valence-electron chi connectivity index (χ2n) is 8.42. The molecule has 1 aliphatic carbocycles. The van der Waals surface area contributed by atoms with Crippen LogP contribution in [0.15, 0.2) is 33.0 Å². The number of anilines is 1. The number of nitrogens with two attached hydrogens (primary N) is 1. The number of aryl methyl sites for hydroxylation is 3. The molecule has 3 aromatic heterocycles. The number of hydrogen-bond acceptors (Lipinski definition) is 8. The third kappa shape index (κ3) is 3.59. The molecule has 1 fully saturated rings. The van der Waals surface area contributed by atoms with Crippen molar-refractivity contribution in [2.24, 2.45) is 16.6 Å². The Labute approximate surface area is 191 Å². The third-order valence-corrected chi connectivity index (χ3v) is 6.03. The summed E-state index contributed by atoms with van der Waals surface area (Å²) in [4.78, 5) is 17.0. The molecule has 0 atom stereocenters. The van der Waals surface area contributed by atoms with E-state index in [1.165, 1.54) is 0 Å². The summed E-state index contributed by atoms with van der Waals surface area (Å²) < 4.78 is 11.2. The average molecular weight is 446 g/mol. The summed E-state index contributed by atoms with van der Waals surface area (Å²) in [5.74, 6) is 3.17. The molecule has 1 saturated carbocycles. The predicted molar refractivity (Wildman–Crippen MR) is 130 cm³/mol. The Bertz CT molecular complexity index is 1420. The van der Waals surface area contributed by atoms with Crippen LogP contribution in [0.3, 0.4) is 0 Å². The first kappa shape index (κ1) is 21.0. The van der Waals surface area contributed by atoms with Gasteiger partial charge in [-0.25, -0.2) is 9.97 Å². The lowest BCUT2D eigenvalue weighted by Crippen LogP contribution is -2.14. The lowest BCUT2D eigenvalue weighted by atomic mass is 10.0. The minimum absolute atomic E-state index is 0.393. The first-order chi connectivity index (χ1) is 15.9. The maximum absolute atomic E-state index is 6.42. The Balaban J connectivity index is 1.73. The summed E-state index contributed by atoms with van der Waals surface area (Å²) in [5.41, 5.74) is 12.3. The maximum Gasteiger partial charge on any atom is 0.144 e. The fourth-order valence-corrected chi connectivity index (χ4v) is 4.31. The molecule has 1 aliphatic rings. The molecule has 4 aromatic rings. The molecule has 33 heavy (non-hydrogen) atoms. The van der Waals surface area contributed by atoms with Crippen LogP contribution in [0, 0.1) is 26.7 Å². The van der Waals surface area contributed by atoms with Crippen LogP contribution in [0.25, 0.3) is 33.1 Å². The molecule has 1 aromatic carbocycles. The number of aliphatic imine (C=N–C) groups is 1. The van der Waals surface area contributed by atoms with Gasteiger partial charge in [0.25, 0.3) is 0 Å². The molecule has 0 unspecified atom stereocenters. The number of benzene rings is 1. The van der Waals surface area contributed by atoms with Crippen molar-refractivity contribution in [2.45, 2.75) is 33.6 Å². The van der Waals surface area contributed by atoms with E-state index in [1.807, 2.05) is 32.9 Å². The van der Waals surface area contributed by atoms with Gasteiger partial charge in [0.1, 0.15) is 28.8 Å². The Morgan fingerprint density at radius 3 is 2.70 bits per heavy atom. The van der Waals surface area contributed by atoms with E-state index < -0.39 is 0 Å². The predicted octanol–water partition coefficient (Wildman–Crippen LogP) is 4.39.